The summed E-state index contributed by atoms with van der Waals surface area (Å²) in [6, 6.07) is 11.7. The molecule has 6 nitrogen and oxygen atoms in total. The van der Waals surface area contributed by atoms with Gasteiger partial charge in [0.05, 0.1) is 0 Å². The maximum absolute atomic E-state index is 12.7. The van der Waals surface area contributed by atoms with E-state index in [-0.39, 0.29) is 5.91 Å². The number of benzene rings is 1. The third-order valence-corrected chi connectivity index (χ3v) is 6.92. The number of para-hydroxylation sites is 1. The number of nitrogens with one attached hydrogen (secondary N) is 1. The van der Waals surface area contributed by atoms with Crippen molar-refractivity contribution in [3.8, 4) is 0 Å². The molecule has 2 aliphatic heterocycles. The quantitative estimate of drug-likeness (QED) is 0.739. The third kappa shape index (κ3) is 3.25. The van der Waals surface area contributed by atoms with Crippen molar-refractivity contribution in [2.75, 3.05) is 18.4 Å². The van der Waals surface area contributed by atoms with Crippen LogP contribution in [0.2, 0.25) is 0 Å². The van der Waals surface area contributed by atoms with Crippen LogP contribution in [-0.4, -0.2) is 38.7 Å². The van der Waals surface area contributed by atoms with Crippen LogP contribution in [0.25, 0.3) is 0 Å². The predicted molar refractivity (Wildman–Crippen MR) is 109 cm³/mol. The van der Waals surface area contributed by atoms with Gasteiger partial charge in [-0.25, -0.2) is 0 Å². The zero-order chi connectivity index (χ0) is 19.1. The van der Waals surface area contributed by atoms with Crippen molar-refractivity contribution in [1.29, 1.82) is 0 Å². The molecule has 7 heteroatoms. The van der Waals surface area contributed by atoms with Gasteiger partial charge in [0.25, 0.3) is 5.91 Å². The van der Waals surface area contributed by atoms with Crippen molar-refractivity contribution in [2.45, 2.75) is 26.4 Å². The van der Waals surface area contributed by atoms with Crippen LogP contribution in [0.1, 0.15) is 26.9 Å². The van der Waals surface area contributed by atoms with E-state index in [1.54, 1.807) is 0 Å². The van der Waals surface area contributed by atoms with Crippen molar-refractivity contribution in [3.63, 3.8) is 0 Å². The second-order valence-electron chi connectivity index (χ2n) is 7.82. The lowest BCUT2D eigenvalue weighted by atomic mass is 9.89. The number of carbonyl (C=O) groups is 1. The van der Waals surface area contributed by atoms with Crippen LogP contribution in [-0.2, 0) is 19.5 Å². The van der Waals surface area contributed by atoms with E-state index in [1.807, 2.05) is 46.2 Å². The fraction of sp³-hybridized carbons (Fsp3) is 0.381. The summed E-state index contributed by atoms with van der Waals surface area (Å²) in [5.41, 5.74) is 2.16. The Hall–Kier alpha value is -2.51. The summed E-state index contributed by atoms with van der Waals surface area (Å²) in [6.45, 7) is 6.20. The fourth-order valence-electron chi connectivity index (χ4n) is 4.40. The molecule has 0 bridgehead atoms. The number of hydrogen-bond acceptors (Lipinski definition) is 5. The summed E-state index contributed by atoms with van der Waals surface area (Å²) in [7, 11) is 0. The van der Waals surface area contributed by atoms with Crippen molar-refractivity contribution in [2.24, 2.45) is 11.8 Å². The average Bonchev–Trinajstić information content (AvgIpc) is 3.39. The molecule has 28 heavy (non-hydrogen) atoms. The minimum atomic E-state index is -0.188. The highest BCUT2D eigenvalue weighted by Gasteiger charge is 2.39. The van der Waals surface area contributed by atoms with Gasteiger partial charge in [0.15, 0.2) is 0 Å². The largest absolute Gasteiger partial charge is 0.319 e. The number of amides is 1. The number of nitrogens with zero attached hydrogens (tertiary/aromatic N) is 4. The van der Waals surface area contributed by atoms with E-state index < -0.39 is 0 Å². The number of aryl methyl sites for hydroxylation is 1. The van der Waals surface area contributed by atoms with Gasteiger partial charge in [-0.15, -0.1) is 21.5 Å². The Labute approximate surface area is 168 Å². The van der Waals surface area contributed by atoms with Crippen LogP contribution in [0.4, 0.5) is 5.69 Å². The van der Waals surface area contributed by atoms with Gasteiger partial charge in [-0.05, 0) is 47.9 Å². The molecule has 1 saturated heterocycles. The topological polar surface area (TPSA) is 63.1 Å². The molecule has 2 aliphatic rings. The SMILES string of the molecule is Cc1ccsc1CN1C[C@@H]2Cn3c(nnc3C(=O)Nc3ccccc3)C[C@H]2C1. The zero-order valence-electron chi connectivity index (χ0n) is 15.8. The first kappa shape index (κ1) is 17.6. The molecule has 4 heterocycles. The normalized spacial score (nSPS) is 21.3. The average molecular weight is 394 g/mol. The first-order valence-electron chi connectivity index (χ1n) is 9.71. The first-order valence-corrected chi connectivity index (χ1v) is 10.6. The van der Waals surface area contributed by atoms with Crippen LogP contribution < -0.4 is 5.32 Å². The number of rotatable bonds is 4. The van der Waals surface area contributed by atoms with E-state index in [0.717, 1.165) is 44.1 Å². The van der Waals surface area contributed by atoms with Crippen LogP contribution in [0.15, 0.2) is 41.8 Å². The number of fused-ring (bicyclic) bond motifs is 2. The molecule has 1 N–H and O–H groups in total. The molecule has 2 aromatic heterocycles. The highest BCUT2D eigenvalue weighted by Crippen LogP contribution is 2.34. The molecule has 1 amide bonds. The smallest absolute Gasteiger partial charge is 0.293 e. The molecule has 0 aliphatic carbocycles. The Balaban J connectivity index is 1.29. The van der Waals surface area contributed by atoms with E-state index >= 15 is 0 Å². The van der Waals surface area contributed by atoms with Gasteiger partial charge in [-0.2, -0.15) is 0 Å². The minimum Gasteiger partial charge on any atom is -0.319 e. The summed E-state index contributed by atoms with van der Waals surface area (Å²) in [4.78, 5) is 16.7. The number of likely N-dealkylation sites (tertiary alicyclic amines) is 1. The van der Waals surface area contributed by atoms with Crippen LogP contribution >= 0.6 is 11.3 Å². The van der Waals surface area contributed by atoms with Crippen molar-refractivity contribution < 1.29 is 4.79 Å². The van der Waals surface area contributed by atoms with Gasteiger partial charge >= 0.3 is 0 Å². The van der Waals surface area contributed by atoms with E-state index in [2.05, 4.69) is 38.8 Å². The molecular weight excluding hydrogens is 370 g/mol. The van der Waals surface area contributed by atoms with E-state index in [4.69, 9.17) is 0 Å². The van der Waals surface area contributed by atoms with E-state index in [1.165, 1.54) is 10.4 Å². The standard InChI is InChI=1S/C21H23N5OS/c1-14-7-8-28-18(14)13-25-10-15-9-19-23-24-20(26(19)12-16(15)11-25)21(27)22-17-5-3-2-4-6-17/h2-8,15-16H,9-13H2,1H3,(H,22,27)/t15-,16+/m0/s1. The number of thiophene rings is 1. The molecule has 1 aromatic carbocycles. The molecule has 2 atom stereocenters. The van der Waals surface area contributed by atoms with Crippen LogP contribution in [0.3, 0.4) is 0 Å². The Morgan fingerprint density at radius 2 is 1.96 bits per heavy atom. The third-order valence-electron chi connectivity index (χ3n) is 5.91. The Bertz CT molecular complexity index is 995. The van der Waals surface area contributed by atoms with Crippen LogP contribution in [0.5, 0.6) is 0 Å². The number of carbonyl (C=O) groups excluding carboxylic acids is 1. The lowest BCUT2D eigenvalue weighted by Crippen LogP contribution is -2.31. The molecule has 3 aromatic rings. The molecule has 0 unspecified atom stereocenters. The van der Waals surface area contributed by atoms with E-state index in [9.17, 15) is 4.79 Å². The van der Waals surface area contributed by atoms with Crippen LogP contribution in [0, 0.1) is 18.8 Å². The Morgan fingerprint density at radius 3 is 2.75 bits per heavy atom. The molecule has 144 valence electrons. The Kier molecular flexibility index (Phi) is 4.49. The maximum atomic E-state index is 12.7. The van der Waals surface area contributed by atoms with Crippen molar-refractivity contribution >= 4 is 22.9 Å². The van der Waals surface area contributed by atoms with E-state index in [0.29, 0.717) is 17.7 Å². The summed E-state index contributed by atoms with van der Waals surface area (Å²) in [5.74, 6) is 2.32. The van der Waals surface area contributed by atoms with Gasteiger partial charge in [-0.3, -0.25) is 9.69 Å². The molecular formula is C21H23N5OS. The summed E-state index contributed by atoms with van der Waals surface area (Å²) >= 11 is 1.84. The molecule has 0 spiro atoms. The monoisotopic (exact) mass is 393 g/mol. The summed E-state index contributed by atoms with van der Waals surface area (Å²) in [5, 5.41) is 13.6. The lowest BCUT2D eigenvalue weighted by molar-refractivity contribution is 0.100. The number of aromatic nitrogens is 3. The second kappa shape index (κ2) is 7.14. The van der Waals surface area contributed by atoms with Gasteiger partial charge in [0.1, 0.15) is 5.82 Å². The first-order chi connectivity index (χ1) is 13.7. The Morgan fingerprint density at radius 1 is 1.14 bits per heavy atom. The van der Waals surface area contributed by atoms with Gasteiger partial charge in [-0.1, -0.05) is 18.2 Å². The lowest BCUT2D eigenvalue weighted by Gasteiger charge is -2.25. The molecule has 0 radical (unpaired) electrons. The summed E-state index contributed by atoms with van der Waals surface area (Å²) in [6.07, 6.45) is 0.899. The minimum absolute atomic E-state index is 0.188. The summed E-state index contributed by atoms with van der Waals surface area (Å²) < 4.78 is 2.03. The molecule has 1 fully saturated rings. The highest BCUT2D eigenvalue weighted by atomic mass is 32.1. The molecule has 5 rings (SSSR count). The predicted octanol–water partition coefficient (Wildman–Crippen LogP) is 3.20. The second-order valence-corrected chi connectivity index (χ2v) is 8.82. The van der Waals surface area contributed by atoms with Crippen molar-refractivity contribution in [3.05, 3.63) is 63.9 Å². The zero-order valence-corrected chi connectivity index (χ0v) is 16.7. The molecule has 0 saturated carbocycles. The van der Waals surface area contributed by atoms with Gasteiger partial charge < -0.3 is 9.88 Å². The number of hydrogen-bond donors (Lipinski definition) is 1. The fourth-order valence-corrected chi connectivity index (χ4v) is 5.34. The van der Waals surface area contributed by atoms with Crippen molar-refractivity contribution in [1.82, 2.24) is 19.7 Å². The van der Waals surface area contributed by atoms with Gasteiger partial charge in [0, 0.05) is 43.2 Å². The maximum Gasteiger partial charge on any atom is 0.293 e. The highest BCUT2D eigenvalue weighted by molar-refractivity contribution is 7.10. The number of anilines is 1. The van der Waals surface area contributed by atoms with Gasteiger partial charge in [0.2, 0.25) is 5.82 Å².